The largest absolute Gasteiger partial charge is 0.359 e. The van der Waals surface area contributed by atoms with E-state index in [2.05, 4.69) is 40.5 Å². The fourth-order valence-electron chi connectivity index (χ4n) is 4.32. The van der Waals surface area contributed by atoms with Crippen molar-refractivity contribution in [3.05, 3.63) is 35.9 Å². The Labute approximate surface area is 127 Å². The maximum absolute atomic E-state index is 11.5. The lowest BCUT2D eigenvalue weighted by atomic mass is 9.61. The average molecular weight is 286 g/mol. The summed E-state index contributed by atoms with van der Waals surface area (Å²) in [5, 5.41) is 2.73. The maximum atomic E-state index is 11.5. The molecule has 2 fully saturated rings. The number of rotatable bonds is 4. The SMILES string of the molecule is CNC(=O)CCN1CC2(CCCCC2)C1c1ccccc1. The Morgan fingerprint density at radius 3 is 2.62 bits per heavy atom. The van der Waals surface area contributed by atoms with E-state index in [-0.39, 0.29) is 5.91 Å². The Balaban J connectivity index is 1.75. The van der Waals surface area contributed by atoms with Gasteiger partial charge in [0.1, 0.15) is 0 Å². The molecule has 1 unspecified atom stereocenters. The highest BCUT2D eigenvalue weighted by atomic mass is 16.1. The number of amides is 1. The molecule has 1 saturated heterocycles. The lowest BCUT2D eigenvalue weighted by molar-refractivity contribution is -0.126. The number of hydrogen-bond acceptors (Lipinski definition) is 2. The van der Waals surface area contributed by atoms with E-state index < -0.39 is 0 Å². The fourth-order valence-corrected chi connectivity index (χ4v) is 4.32. The first kappa shape index (κ1) is 14.6. The third kappa shape index (κ3) is 2.84. The summed E-state index contributed by atoms with van der Waals surface area (Å²) in [5.41, 5.74) is 1.91. The molecule has 1 aliphatic carbocycles. The monoisotopic (exact) mass is 286 g/mol. The van der Waals surface area contributed by atoms with Crippen LogP contribution >= 0.6 is 0 Å². The first-order valence-corrected chi connectivity index (χ1v) is 8.25. The van der Waals surface area contributed by atoms with Crippen molar-refractivity contribution in [3.8, 4) is 0 Å². The molecule has 114 valence electrons. The van der Waals surface area contributed by atoms with Gasteiger partial charge >= 0.3 is 0 Å². The van der Waals surface area contributed by atoms with Crippen LogP contribution in [0.4, 0.5) is 0 Å². The zero-order valence-electron chi connectivity index (χ0n) is 13.0. The Morgan fingerprint density at radius 1 is 1.24 bits per heavy atom. The minimum absolute atomic E-state index is 0.145. The van der Waals surface area contributed by atoms with E-state index in [9.17, 15) is 4.79 Å². The van der Waals surface area contributed by atoms with E-state index in [1.165, 1.54) is 44.2 Å². The molecule has 1 aromatic rings. The quantitative estimate of drug-likeness (QED) is 0.922. The minimum atomic E-state index is 0.145. The Morgan fingerprint density at radius 2 is 1.95 bits per heavy atom. The summed E-state index contributed by atoms with van der Waals surface area (Å²) in [5.74, 6) is 0.145. The third-order valence-electron chi connectivity index (χ3n) is 5.33. The molecule has 1 saturated carbocycles. The average Bonchev–Trinajstić information content (AvgIpc) is 2.53. The van der Waals surface area contributed by atoms with Crippen LogP contribution in [0.15, 0.2) is 30.3 Å². The highest BCUT2D eigenvalue weighted by Gasteiger charge is 2.52. The molecule has 21 heavy (non-hydrogen) atoms. The van der Waals surface area contributed by atoms with Gasteiger partial charge < -0.3 is 5.32 Å². The van der Waals surface area contributed by atoms with Crippen molar-refractivity contribution in [1.82, 2.24) is 10.2 Å². The lowest BCUT2D eigenvalue weighted by Gasteiger charge is -2.60. The van der Waals surface area contributed by atoms with E-state index in [4.69, 9.17) is 0 Å². The van der Waals surface area contributed by atoms with Crippen LogP contribution in [0.1, 0.15) is 50.1 Å². The summed E-state index contributed by atoms with van der Waals surface area (Å²) >= 11 is 0. The Bertz CT molecular complexity index is 479. The molecule has 1 atom stereocenters. The molecule has 3 rings (SSSR count). The van der Waals surface area contributed by atoms with E-state index in [0.717, 1.165) is 6.54 Å². The Hall–Kier alpha value is -1.35. The summed E-state index contributed by atoms with van der Waals surface area (Å²) in [4.78, 5) is 14.0. The van der Waals surface area contributed by atoms with Crippen molar-refractivity contribution in [3.63, 3.8) is 0 Å². The third-order valence-corrected chi connectivity index (χ3v) is 5.33. The Kier molecular flexibility index (Phi) is 4.29. The first-order valence-electron chi connectivity index (χ1n) is 8.25. The van der Waals surface area contributed by atoms with Crippen LogP contribution in [-0.2, 0) is 4.79 Å². The lowest BCUT2D eigenvalue weighted by Crippen LogP contribution is -2.59. The van der Waals surface area contributed by atoms with E-state index >= 15 is 0 Å². The highest BCUT2D eigenvalue weighted by Crippen LogP contribution is 2.56. The number of likely N-dealkylation sites (tertiary alicyclic amines) is 1. The van der Waals surface area contributed by atoms with Gasteiger partial charge in [-0.15, -0.1) is 0 Å². The summed E-state index contributed by atoms with van der Waals surface area (Å²) in [7, 11) is 1.72. The highest BCUT2D eigenvalue weighted by molar-refractivity contribution is 5.75. The van der Waals surface area contributed by atoms with E-state index in [0.29, 0.717) is 17.9 Å². The standard InChI is InChI=1S/C18H26N2O/c1-19-16(21)10-13-20-14-18(11-6-3-7-12-18)17(20)15-8-4-2-5-9-15/h2,4-5,8-9,17H,3,6-7,10-14H2,1H3,(H,19,21). The second-order valence-corrected chi connectivity index (χ2v) is 6.63. The van der Waals surface area contributed by atoms with Crippen LogP contribution in [0.2, 0.25) is 0 Å². The molecule has 0 bridgehead atoms. The molecule has 3 heteroatoms. The van der Waals surface area contributed by atoms with Gasteiger partial charge in [-0.25, -0.2) is 0 Å². The van der Waals surface area contributed by atoms with Gasteiger partial charge in [0.05, 0.1) is 0 Å². The van der Waals surface area contributed by atoms with E-state index in [1.54, 1.807) is 7.05 Å². The van der Waals surface area contributed by atoms with Gasteiger partial charge in [-0.05, 0) is 18.4 Å². The second-order valence-electron chi connectivity index (χ2n) is 6.63. The minimum Gasteiger partial charge on any atom is -0.359 e. The predicted octanol–water partition coefficient (Wildman–Crippen LogP) is 3.13. The molecule has 1 heterocycles. The summed E-state index contributed by atoms with van der Waals surface area (Å²) in [6.45, 7) is 2.05. The van der Waals surface area contributed by atoms with Crippen molar-refractivity contribution >= 4 is 5.91 Å². The van der Waals surface area contributed by atoms with Crippen LogP contribution in [0.25, 0.3) is 0 Å². The van der Waals surface area contributed by atoms with Gasteiger partial charge in [0.15, 0.2) is 0 Å². The van der Waals surface area contributed by atoms with Crippen molar-refractivity contribution in [2.24, 2.45) is 5.41 Å². The molecule has 1 spiro atoms. The molecular weight excluding hydrogens is 260 g/mol. The van der Waals surface area contributed by atoms with Crippen LogP contribution in [-0.4, -0.2) is 30.9 Å². The molecule has 3 nitrogen and oxygen atoms in total. The predicted molar refractivity (Wildman–Crippen MR) is 85.0 cm³/mol. The van der Waals surface area contributed by atoms with Crippen LogP contribution < -0.4 is 5.32 Å². The van der Waals surface area contributed by atoms with Crippen LogP contribution in [0.5, 0.6) is 0 Å². The first-order chi connectivity index (χ1) is 10.2. The summed E-state index contributed by atoms with van der Waals surface area (Å²) in [6.07, 6.45) is 7.43. The number of benzene rings is 1. The van der Waals surface area contributed by atoms with Gasteiger partial charge in [0.2, 0.25) is 5.91 Å². The smallest absolute Gasteiger partial charge is 0.221 e. The maximum Gasteiger partial charge on any atom is 0.221 e. The zero-order chi connectivity index (χ0) is 14.7. The number of carbonyl (C=O) groups is 1. The summed E-state index contributed by atoms with van der Waals surface area (Å²) in [6, 6.07) is 11.4. The fraction of sp³-hybridized carbons (Fsp3) is 0.611. The molecule has 1 amide bonds. The topological polar surface area (TPSA) is 32.3 Å². The molecular formula is C18H26N2O. The number of carbonyl (C=O) groups excluding carboxylic acids is 1. The zero-order valence-corrected chi connectivity index (χ0v) is 13.0. The number of nitrogens with one attached hydrogen (secondary N) is 1. The van der Waals surface area contributed by atoms with Crippen LogP contribution in [0.3, 0.4) is 0 Å². The number of nitrogens with zero attached hydrogens (tertiary/aromatic N) is 1. The normalized spacial score (nSPS) is 24.5. The molecule has 0 aromatic heterocycles. The number of hydrogen-bond donors (Lipinski definition) is 1. The molecule has 1 N–H and O–H groups in total. The van der Waals surface area contributed by atoms with Gasteiger partial charge in [0, 0.05) is 38.0 Å². The van der Waals surface area contributed by atoms with Crippen LogP contribution in [0, 0.1) is 5.41 Å². The van der Waals surface area contributed by atoms with Gasteiger partial charge in [-0.2, -0.15) is 0 Å². The second kappa shape index (κ2) is 6.18. The molecule has 0 radical (unpaired) electrons. The van der Waals surface area contributed by atoms with Gasteiger partial charge in [0.25, 0.3) is 0 Å². The summed E-state index contributed by atoms with van der Waals surface area (Å²) < 4.78 is 0. The van der Waals surface area contributed by atoms with Gasteiger partial charge in [-0.3, -0.25) is 9.69 Å². The van der Waals surface area contributed by atoms with E-state index in [1.807, 2.05) is 0 Å². The van der Waals surface area contributed by atoms with Crippen molar-refractivity contribution < 1.29 is 4.79 Å². The van der Waals surface area contributed by atoms with Crippen molar-refractivity contribution in [2.45, 2.75) is 44.6 Å². The van der Waals surface area contributed by atoms with Crippen molar-refractivity contribution in [2.75, 3.05) is 20.1 Å². The molecule has 1 aromatic carbocycles. The van der Waals surface area contributed by atoms with Crippen molar-refractivity contribution in [1.29, 1.82) is 0 Å². The molecule has 1 aliphatic heterocycles. The van der Waals surface area contributed by atoms with Gasteiger partial charge in [-0.1, -0.05) is 49.6 Å². The molecule has 2 aliphatic rings.